The molecule has 2 aliphatic rings. The number of anilines is 1. The van der Waals surface area contributed by atoms with Crippen molar-refractivity contribution in [1.82, 2.24) is 15.3 Å². The molecule has 0 saturated heterocycles. The molecule has 1 heterocycles. The van der Waals surface area contributed by atoms with Gasteiger partial charge in [-0.2, -0.15) is 0 Å². The van der Waals surface area contributed by atoms with Crippen molar-refractivity contribution >= 4 is 5.82 Å². The predicted octanol–water partition coefficient (Wildman–Crippen LogP) is 1.34. The fourth-order valence-electron chi connectivity index (χ4n) is 2.18. The van der Waals surface area contributed by atoms with Gasteiger partial charge in [0.1, 0.15) is 5.82 Å². The van der Waals surface area contributed by atoms with E-state index in [9.17, 15) is 0 Å². The molecule has 0 aliphatic heterocycles. The summed E-state index contributed by atoms with van der Waals surface area (Å²) in [5, 5.41) is 3.45. The topological polar surface area (TPSA) is 50.3 Å². The van der Waals surface area contributed by atoms with Crippen molar-refractivity contribution in [2.75, 3.05) is 25.2 Å². The molecule has 0 amide bonds. The molecule has 0 unspecified atom stereocenters. The van der Waals surface area contributed by atoms with Crippen LogP contribution in [-0.4, -0.2) is 42.3 Å². The number of rotatable bonds is 8. The molecule has 1 aromatic heterocycles. The van der Waals surface area contributed by atoms with Gasteiger partial charge >= 0.3 is 0 Å². The zero-order chi connectivity index (χ0) is 13.1. The average Bonchev–Trinajstić information content (AvgIpc) is 3.31. The van der Waals surface area contributed by atoms with Crippen molar-refractivity contribution in [2.24, 2.45) is 0 Å². The quantitative estimate of drug-likeness (QED) is 0.766. The van der Waals surface area contributed by atoms with E-state index >= 15 is 0 Å². The largest absolute Gasteiger partial charge is 0.383 e. The molecule has 2 saturated carbocycles. The Morgan fingerprint density at radius 2 is 2.11 bits per heavy atom. The van der Waals surface area contributed by atoms with Crippen LogP contribution in [0.1, 0.15) is 31.4 Å². The average molecular weight is 262 g/mol. The van der Waals surface area contributed by atoms with Crippen molar-refractivity contribution < 1.29 is 4.74 Å². The van der Waals surface area contributed by atoms with Crippen LogP contribution < -0.4 is 10.2 Å². The molecule has 1 aromatic rings. The van der Waals surface area contributed by atoms with Crippen molar-refractivity contribution in [3.05, 3.63) is 18.1 Å². The third kappa shape index (κ3) is 3.64. The lowest BCUT2D eigenvalue weighted by Crippen LogP contribution is -2.30. The van der Waals surface area contributed by atoms with Crippen LogP contribution in [0.2, 0.25) is 0 Å². The minimum absolute atomic E-state index is 0.639. The van der Waals surface area contributed by atoms with Crippen LogP contribution >= 0.6 is 0 Å². The molecular weight excluding hydrogens is 240 g/mol. The Kier molecular flexibility index (Phi) is 3.94. The first-order valence-electron chi connectivity index (χ1n) is 7.16. The molecule has 0 aromatic carbocycles. The monoisotopic (exact) mass is 262 g/mol. The van der Waals surface area contributed by atoms with Gasteiger partial charge < -0.3 is 15.0 Å². The van der Waals surface area contributed by atoms with Crippen LogP contribution in [-0.2, 0) is 11.3 Å². The third-order valence-electron chi connectivity index (χ3n) is 3.66. The number of ether oxygens (including phenoxy) is 1. The van der Waals surface area contributed by atoms with Crippen molar-refractivity contribution in [1.29, 1.82) is 0 Å². The highest BCUT2D eigenvalue weighted by molar-refractivity contribution is 5.39. The van der Waals surface area contributed by atoms with Gasteiger partial charge in [-0.15, -0.1) is 0 Å². The van der Waals surface area contributed by atoms with Crippen LogP contribution in [0.15, 0.2) is 12.4 Å². The minimum atomic E-state index is 0.639. The van der Waals surface area contributed by atoms with Gasteiger partial charge in [-0.05, 0) is 25.7 Å². The van der Waals surface area contributed by atoms with Gasteiger partial charge in [0.05, 0.1) is 24.7 Å². The van der Waals surface area contributed by atoms with E-state index in [4.69, 9.17) is 4.74 Å². The van der Waals surface area contributed by atoms with Gasteiger partial charge in [-0.1, -0.05) is 0 Å². The Morgan fingerprint density at radius 3 is 2.68 bits per heavy atom. The lowest BCUT2D eigenvalue weighted by molar-refractivity contribution is 0.204. The summed E-state index contributed by atoms with van der Waals surface area (Å²) in [6.45, 7) is 2.47. The fourth-order valence-corrected chi connectivity index (χ4v) is 2.18. The maximum Gasteiger partial charge on any atom is 0.147 e. The van der Waals surface area contributed by atoms with E-state index in [0.717, 1.165) is 31.2 Å². The summed E-state index contributed by atoms with van der Waals surface area (Å²) in [5.74, 6) is 0.981. The molecule has 2 aliphatic carbocycles. The van der Waals surface area contributed by atoms with E-state index in [-0.39, 0.29) is 0 Å². The Hall–Kier alpha value is -1.20. The normalized spacial score (nSPS) is 18.6. The van der Waals surface area contributed by atoms with E-state index < -0.39 is 0 Å². The van der Waals surface area contributed by atoms with Crippen LogP contribution in [0.3, 0.4) is 0 Å². The van der Waals surface area contributed by atoms with E-state index in [1.165, 1.54) is 25.7 Å². The Balaban J connectivity index is 1.58. The van der Waals surface area contributed by atoms with Crippen LogP contribution in [0.5, 0.6) is 0 Å². The highest BCUT2D eigenvalue weighted by Gasteiger charge is 2.29. The van der Waals surface area contributed by atoms with Crippen molar-refractivity contribution in [3.8, 4) is 0 Å². The summed E-state index contributed by atoms with van der Waals surface area (Å²) in [6, 6.07) is 1.35. The molecule has 5 nitrogen and oxygen atoms in total. The number of nitrogens with one attached hydrogen (secondary N) is 1. The SMILES string of the molecule is COCCN(c1cnc(CNC2CC2)cn1)C1CC1. The lowest BCUT2D eigenvalue weighted by Gasteiger charge is -2.22. The molecule has 5 heteroatoms. The van der Waals surface area contributed by atoms with Crippen molar-refractivity contribution in [2.45, 2.75) is 44.3 Å². The molecular formula is C14H22N4O. The minimum Gasteiger partial charge on any atom is -0.383 e. The van der Waals surface area contributed by atoms with E-state index in [1.54, 1.807) is 7.11 Å². The Morgan fingerprint density at radius 1 is 1.26 bits per heavy atom. The summed E-state index contributed by atoms with van der Waals surface area (Å²) in [7, 11) is 1.74. The first-order valence-corrected chi connectivity index (χ1v) is 7.16. The number of hydrogen-bond acceptors (Lipinski definition) is 5. The second kappa shape index (κ2) is 5.84. The maximum absolute atomic E-state index is 5.17. The van der Waals surface area contributed by atoms with Gasteiger partial charge in [0.15, 0.2) is 0 Å². The van der Waals surface area contributed by atoms with Crippen molar-refractivity contribution in [3.63, 3.8) is 0 Å². The van der Waals surface area contributed by atoms with E-state index in [2.05, 4.69) is 20.2 Å². The number of nitrogens with zero attached hydrogens (tertiary/aromatic N) is 3. The zero-order valence-corrected chi connectivity index (χ0v) is 11.5. The summed E-state index contributed by atoms with van der Waals surface area (Å²) >= 11 is 0. The molecule has 104 valence electrons. The van der Waals surface area contributed by atoms with Gasteiger partial charge in [0.2, 0.25) is 0 Å². The molecule has 2 fully saturated rings. The predicted molar refractivity (Wildman–Crippen MR) is 74.1 cm³/mol. The molecule has 19 heavy (non-hydrogen) atoms. The number of aromatic nitrogens is 2. The molecule has 0 atom stereocenters. The van der Waals surface area contributed by atoms with Crippen LogP contribution in [0.4, 0.5) is 5.82 Å². The molecule has 0 radical (unpaired) electrons. The van der Waals surface area contributed by atoms with Gasteiger partial charge in [-0.3, -0.25) is 4.98 Å². The van der Waals surface area contributed by atoms with Gasteiger partial charge in [0, 0.05) is 32.3 Å². The first kappa shape index (κ1) is 12.8. The van der Waals surface area contributed by atoms with E-state index in [0.29, 0.717) is 12.1 Å². The highest BCUT2D eigenvalue weighted by Crippen LogP contribution is 2.29. The fraction of sp³-hybridized carbons (Fsp3) is 0.714. The second-order valence-electron chi connectivity index (χ2n) is 5.44. The Bertz CT molecular complexity index is 400. The highest BCUT2D eigenvalue weighted by atomic mass is 16.5. The summed E-state index contributed by atoms with van der Waals surface area (Å²) < 4.78 is 5.17. The molecule has 0 spiro atoms. The molecule has 1 N–H and O–H groups in total. The molecule has 0 bridgehead atoms. The van der Waals surface area contributed by atoms with Gasteiger partial charge in [0.25, 0.3) is 0 Å². The Labute approximate surface area is 114 Å². The van der Waals surface area contributed by atoms with Crippen LogP contribution in [0, 0.1) is 0 Å². The van der Waals surface area contributed by atoms with Gasteiger partial charge in [-0.25, -0.2) is 4.98 Å². The summed E-state index contributed by atoms with van der Waals surface area (Å²) in [5.41, 5.74) is 1.03. The van der Waals surface area contributed by atoms with Crippen LogP contribution in [0.25, 0.3) is 0 Å². The number of methoxy groups -OCH3 is 1. The third-order valence-corrected chi connectivity index (χ3v) is 3.66. The van der Waals surface area contributed by atoms with E-state index in [1.807, 2.05) is 12.4 Å². The maximum atomic E-state index is 5.17. The standard InChI is InChI=1S/C14H22N4O/c1-19-7-6-18(13-4-5-13)14-10-16-12(9-17-14)8-15-11-2-3-11/h9-11,13,15H,2-8H2,1H3. The molecule has 3 rings (SSSR count). The summed E-state index contributed by atoms with van der Waals surface area (Å²) in [4.78, 5) is 11.4. The smallest absolute Gasteiger partial charge is 0.147 e. The zero-order valence-electron chi connectivity index (χ0n) is 11.5. The lowest BCUT2D eigenvalue weighted by atomic mass is 10.4. The second-order valence-corrected chi connectivity index (χ2v) is 5.44. The summed E-state index contributed by atoms with van der Waals surface area (Å²) in [6.07, 6.45) is 8.92. The first-order chi connectivity index (χ1) is 9.36. The number of hydrogen-bond donors (Lipinski definition) is 1.